The summed E-state index contributed by atoms with van der Waals surface area (Å²) in [5, 5.41) is 0.966. The van der Waals surface area contributed by atoms with E-state index in [1.807, 2.05) is 55.5 Å². The van der Waals surface area contributed by atoms with Gasteiger partial charge in [0.1, 0.15) is 19.0 Å². The molecule has 2 atom stereocenters. The van der Waals surface area contributed by atoms with E-state index in [9.17, 15) is 4.79 Å². The van der Waals surface area contributed by atoms with E-state index in [4.69, 9.17) is 38.4 Å². The maximum absolute atomic E-state index is 13.7. The zero-order chi connectivity index (χ0) is 27.2. The van der Waals surface area contributed by atoms with Gasteiger partial charge in [-0.3, -0.25) is 4.79 Å². The van der Waals surface area contributed by atoms with Crippen LogP contribution in [0.3, 0.4) is 0 Å². The Bertz CT molecular complexity index is 1230. The summed E-state index contributed by atoms with van der Waals surface area (Å²) in [5.41, 5.74) is 9.34. The molecule has 0 aromatic heterocycles. The lowest BCUT2D eigenvalue weighted by Gasteiger charge is -2.33. The first-order valence-corrected chi connectivity index (χ1v) is 14.7. The van der Waals surface area contributed by atoms with Gasteiger partial charge >= 0.3 is 0 Å². The van der Waals surface area contributed by atoms with Gasteiger partial charge < -0.3 is 20.1 Å². The van der Waals surface area contributed by atoms with Crippen LogP contribution < -0.4 is 15.2 Å². The molecule has 0 saturated heterocycles. The summed E-state index contributed by atoms with van der Waals surface area (Å²) in [6.45, 7) is 5.01. The zero-order valence-electron chi connectivity index (χ0n) is 21.6. The van der Waals surface area contributed by atoms with Gasteiger partial charge in [0.05, 0.1) is 22.0 Å². The van der Waals surface area contributed by atoms with E-state index in [0.717, 1.165) is 29.7 Å². The van der Waals surface area contributed by atoms with Crippen LogP contribution in [-0.2, 0) is 11.2 Å². The predicted molar refractivity (Wildman–Crippen MR) is 162 cm³/mol. The van der Waals surface area contributed by atoms with Crippen molar-refractivity contribution in [2.45, 2.75) is 45.2 Å². The van der Waals surface area contributed by atoms with Gasteiger partial charge in [0.15, 0.2) is 5.75 Å². The molecule has 1 amide bonds. The van der Waals surface area contributed by atoms with Crippen LogP contribution >= 0.6 is 45.8 Å². The van der Waals surface area contributed by atoms with E-state index >= 15 is 0 Å². The summed E-state index contributed by atoms with van der Waals surface area (Å²) in [4.78, 5) is 15.8. The SMILES string of the molecule is Cc1cc(Cl)c(OCCOc2ccc(CC(CN)C(=O)N(C3CC3)C(C)c3ccccc3I)cc2)c(Cl)c1. The molecule has 0 heterocycles. The topological polar surface area (TPSA) is 64.8 Å². The predicted octanol–water partition coefficient (Wildman–Crippen LogP) is 7.23. The van der Waals surface area contributed by atoms with E-state index in [0.29, 0.717) is 48.0 Å². The third-order valence-corrected chi connectivity index (χ3v) is 8.29. The number of ether oxygens (including phenoxy) is 2. The fourth-order valence-electron chi connectivity index (χ4n) is 4.62. The van der Waals surface area contributed by atoms with Crippen molar-refractivity contribution in [2.24, 2.45) is 11.7 Å². The summed E-state index contributed by atoms with van der Waals surface area (Å²) < 4.78 is 12.7. The molecular formula is C30H33Cl2IN2O3. The third kappa shape index (κ3) is 7.34. The van der Waals surface area contributed by atoms with Gasteiger partial charge in [-0.05, 0) is 103 Å². The van der Waals surface area contributed by atoms with Gasteiger partial charge in [-0.25, -0.2) is 0 Å². The molecule has 202 valence electrons. The monoisotopic (exact) mass is 666 g/mol. The van der Waals surface area contributed by atoms with Crippen LogP contribution in [-0.4, -0.2) is 36.6 Å². The van der Waals surface area contributed by atoms with E-state index < -0.39 is 0 Å². The average molecular weight is 667 g/mol. The molecule has 0 radical (unpaired) electrons. The van der Waals surface area contributed by atoms with Crippen molar-refractivity contribution in [1.29, 1.82) is 0 Å². The fourth-order valence-corrected chi connectivity index (χ4v) is 6.16. The molecule has 0 spiro atoms. The standard InChI is InChI=1S/C30H33Cl2IN2O3/c1-19-15-26(31)29(27(32)16-19)38-14-13-37-24-11-7-21(8-12-24)17-22(18-34)30(36)35(23-9-10-23)20(2)25-5-3-4-6-28(25)33/h3-8,11-12,15-16,20,22-23H,9-10,13-14,17-18,34H2,1-2H3. The highest BCUT2D eigenvalue weighted by Crippen LogP contribution is 2.37. The number of nitrogens with two attached hydrogens (primary N) is 1. The molecule has 2 N–H and O–H groups in total. The van der Waals surface area contributed by atoms with Crippen molar-refractivity contribution in [3.63, 3.8) is 0 Å². The highest BCUT2D eigenvalue weighted by Gasteiger charge is 2.39. The summed E-state index contributed by atoms with van der Waals surface area (Å²) in [7, 11) is 0. The summed E-state index contributed by atoms with van der Waals surface area (Å²) in [6.07, 6.45) is 2.69. The molecule has 2 unspecified atom stereocenters. The molecule has 8 heteroatoms. The second-order valence-corrected chi connectivity index (χ2v) is 11.7. The Morgan fingerprint density at radius 1 is 1.05 bits per heavy atom. The van der Waals surface area contributed by atoms with Gasteiger partial charge in [-0.1, -0.05) is 53.5 Å². The minimum Gasteiger partial charge on any atom is -0.490 e. The maximum atomic E-state index is 13.7. The number of benzene rings is 3. The van der Waals surface area contributed by atoms with Crippen molar-refractivity contribution in [2.75, 3.05) is 19.8 Å². The highest BCUT2D eigenvalue weighted by atomic mass is 127. The van der Waals surface area contributed by atoms with Gasteiger partial charge in [0.2, 0.25) is 5.91 Å². The Hall–Kier alpha value is -2.00. The van der Waals surface area contributed by atoms with E-state index in [2.05, 4.69) is 46.5 Å². The smallest absolute Gasteiger partial charge is 0.228 e. The average Bonchev–Trinajstić information content (AvgIpc) is 3.72. The van der Waals surface area contributed by atoms with E-state index in [1.165, 1.54) is 9.13 Å². The normalized spacial score (nSPS) is 14.6. The first kappa shape index (κ1) is 29.0. The van der Waals surface area contributed by atoms with Crippen LogP contribution in [0, 0.1) is 16.4 Å². The zero-order valence-corrected chi connectivity index (χ0v) is 25.3. The van der Waals surface area contributed by atoms with Gasteiger partial charge in [0.25, 0.3) is 0 Å². The number of carbonyl (C=O) groups is 1. The van der Waals surface area contributed by atoms with Crippen molar-refractivity contribution in [3.8, 4) is 11.5 Å². The van der Waals surface area contributed by atoms with Gasteiger partial charge in [-0.2, -0.15) is 0 Å². The van der Waals surface area contributed by atoms with Gasteiger partial charge in [0, 0.05) is 16.2 Å². The van der Waals surface area contributed by atoms with Crippen molar-refractivity contribution in [3.05, 3.63) is 91.0 Å². The first-order chi connectivity index (χ1) is 18.3. The molecule has 1 aliphatic carbocycles. The molecule has 3 aromatic rings. The quantitative estimate of drug-likeness (QED) is 0.164. The molecular weight excluding hydrogens is 634 g/mol. The molecule has 4 rings (SSSR count). The van der Waals surface area contributed by atoms with Gasteiger partial charge in [-0.15, -0.1) is 0 Å². The third-order valence-electron chi connectivity index (χ3n) is 6.75. The molecule has 5 nitrogen and oxygen atoms in total. The number of rotatable bonds is 12. The van der Waals surface area contributed by atoms with Crippen LogP contribution in [0.25, 0.3) is 0 Å². The summed E-state index contributed by atoms with van der Waals surface area (Å²) in [6, 6.07) is 20.0. The van der Waals surface area contributed by atoms with Crippen LogP contribution in [0.15, 0.2) is 60.7 Å². The van der Waals surface area contributed by atoms with Crippen LogP contribution in [0.1, 0.15) is 42.5 Å². The number of nitrogens with zero attached hydrogens (tertiary/aromatic N) is 1. The number of halogens is 3. The second kappa shape index (κ2) is 13.4. The Morgan fingerprint density at radius 2 is 1.68 bits per heavy atom. The Kier molecular flexibility index (Phi) is 10.2. The molecule has 38 heavy (non-hydrogen) atoms. The summed E-state index contributed by atoms with van der Waals surface area (Å²) >= 11 is 14.8. The molecule has 1 saturated carbocycles. The first-order valence-electron chi connectivity index (χ1n) is 12.8. The fraction of sp³-hybridized carbons (Fsp3) is 0.367. The van der Waals surface area contributed by atoms with E-state index in [1.54, 1.807) is 0 Å². The molecule has 1 aliphatic rings. The lowest BCUT2D eigenvalue weighted by molar-refractivity contribution is -0.138. The Labute approximate surface area is 248 Å². The minimum atomic E-state index is -0.274. The molecule has 0 aliphatic heterocycles. The van der Waals surface area contributed by atoms with Crippen LogP contribution in [0.5, 0.6) is 11.5 Å². The lowest BCUT2D eigenvalue weighted by atomic mass is 9.96. The van der Waals surface area contributed by atoms with Crippen molar-refractivity contribution >= 4 is 51.7 Å². The van der Waals surface area contributed by atoms with Crippen molar-refractivity contribution in [1.82, 2.24) is 4.90 Å². The number of hydrogen-bond donors (Lipinski definition) is 1. The summed E-state index contributed by atoms with van der Waals surface area (Å²) in [5.74, 6) is 1.05. The molecule has 1 fully saturated rings. The maximum Gasteiger partial charge on any atom is 0.228 e. The second-order valence-electron chi connectivity index (χ2n) is 9.71. The largest absolute Gasteiger partial charge is 0.490 e. The Morgan fingerprint density at radius 3 is 2.29 bits per heavy atom. The number of aryl methyl sites for hydroxylation is 1. The lowest BCUT2D eigenvalue weighted by Crippen LogP contribution is -2.43. The molecule has 3 aromatic carbocycles. The minimum absolute atomic E-state index is 0.0137. The highest BCUT2D eigenvalue weighted by molar-refractivity contribution is 14.1. The number of hydrogen-bond acceptors (Lipinski definition) is 4. The van der Waals surface area contributed by atoms with Crippen LogP contribution in [0.2, 0.25) is 10.0 Å². The number of amides is 1. The molecule has 0 bridgehead atoms. The van der Waals surface area contributed by atoms with Crippen molar-refractivity contribution < 1.29 is 14.3 Å². The Balaban J connectivity index is 1.33. The van der Waals surface area contributed by atoms with Crippen LogP contribution in [0.4, 0.5) is 0 Å². The number of carbonyl (C=O) groups excluding carboxylic acids is 1. The van der Waals surface area contributed by atoms with E-state index in [-0.39, 0.29) is 17.9 Å².